The SMILES string of the molecule is COC(=O)c1cc(Oc2ccc(Cl)c(Cl)c2)ncc1N. The van der Waals surface area contributed by atoms with E-state index in [1.165, 1.54) is 19.4 Å². The summed E-state index contributed by atoms with van der Waals surface area (Å²) in [5.74, 6) is 0.0642. The molecule has 7 heteroatoms. The third-order valence-corrected chi connectivity index (χ3v) is 3.17. The van der Waals surface area contributed by atoms with Gasteiger partial charge in [0.1, 0.15) is 5.75 Å². The number of hydrogen-bond acceptors (Lipinski definition) is 5. The molecule has 0 unspecified atom stereocenters. The number of aromatic nitrogens is 1. The van der Waals surface area contributed by atoms with E-state index in [0.29, 0.717) is 15.8 Å². The maximum atomic E-state index is 11.5. The van der Waals surface area contributed by atoms with Crippen molar-refractivity contribution in [3.8, 4) is 11.6 Å². The maximum Gasteiger partial charge on any atom is 0.340 e. The highest BCUT2D eigenvalue weighted by Crippen LogP contribution is 2.29. The molecular weight excluding hydrogens is 303 g/mol. The largest absolute Gasteiger partial charge is 0.465 e. The van der Waals surface area contributed by atoms with Crippen molar-refractivity contribution in [1.29, 1.82) is 0 Å². The van der Waals surface area contributed by atoms with Crippen LogP contribution in [0, 0.1) is 0 Å². The maximum absolute atomic E-state index is 11.5. The number of hydrogen-bond donors (Lipinski definition) is 1. The zero-order chi connectivity index (χ0) is 14.7. The van der Waals surface area contributed by atoms with Gasteiger partial charge < -0.3 is 15.2 Å². The Bertz CT molecular complexity index is 662. The Labute approximate surface area is 125 Å². The number of carbonyl (C=O) groups excluding carboxylic acids is 1. The second kappa shape index (κ2) is 5.98. The van der Waals surface area contributed by atoms with Crippen LogP contribution in [-0.4, -0.2) is 18.1 Å². The summed E-state index contributed by atoms with van der Waals surface area (Å²) in [4.78, 5) is 15.5. The molecule has 1 heterocycles. The number of pyridine rings is 1. The molecule has 0 aliphatic carbocycles. The summed E-state index contributed by atoms with van der Waals surface area (Å²) in [6.07, 6.45) is 1.32. The lowest BCUT2D eigenvalue weighted by Crippen LogP contribution is -2.06. The van der Waals surface area contributed by atoms with Crippen molar-refractivity contribution in [2.45, 2.75) is 0 Å². The Kier molecular flexibility index (Phi) is 4.32. The van der Waals surface area contributed by atoms with Crippen LogP contribution in [0.3, 0.4) is 0 Å². The van der Waals surface area contributed by atoms with Crippen LogP contribution in [0.15, 0.2) is 30.5 Å². The summed E-state index contributed by atoms with van der Waals surface area (Å²) in [5, 5.41) is 0.771. The molecule has 0 amide bonds. The first kappa shape index (κ1) is 14.4. The van der Waals surface area contributed by atoms with Crippen molar-refractivity contribution in [3.63, 3.8) is 0 Å². The lowest BCUT2D eigenvalue weighted by Gasteiger charge is -2.08. The molecule has 2 rings (SSSR count). The van der Waals surface area contributed by atoms with Crippen molar-refractivity contribution >= 4 is 34.9 Å². The smallest absolute Gasteiger partial charge is 0.340 e. The van der Waals surface area contributed by atoms with Gasteiger partial charge in [-0.1, -0.05) is 23.2 Å². The molecule has 0 radical (unpaired) electrons. The average Bonchev–Trinajstić information content (AvgIpc) is 2.44. The highest BCUT2D eigenvalue weighted by Gasteiger charge is 2.13. The fourth-order valence-corrected chi connectivity index (χ4v) is 1.74. The first-order valence-electron chi connectivity index (χ1n) is 5.48. The van der Waals surface area contributed by atoms with Gasteiger partial charge >= 0.3 is 5.97 Å². The Morgan fingerprint density at radius 2 is 2.00 bits per heavy atom. The molecule has 5 nitrogen and oxygen atoms in total. The Hall–Kier alpha value is -1.98. The van der Waals surface area contributed by atoms with Crippen molar-refractivity contribution in [2.24, 2.45) is 0 Å². The van der Waals surface area contributed by atoms with Gasteiger partial charge in [-0.25, -0.2) is 9.78 Å². The first-order chi connectivity index (χ1) is 9.51. The molecule has 0 fully saturated rings. The van der Waals surface area contributed by atoms with Crippen molar-refractivity contribution in [1.82, 2.24) is 4.98 Å². The topological polar surface area (TPSA) is 74.4 Å². The number of benzene rings is 1. The molecule has 0 spiro atoms. The zero-order valence-electron chi connectivity index (χ0n) is 10.4. The van der Waals surface area contributed by atoms with Crippen molar-refractivity contribution < 1.29 is 14.3 Å². The average molecular weight is 313 g/mol. The summed E-state index contributed by atoms with van der Waals surface area (Å²) >= 11 is 11.7. The molecule has 0 saturated heterocycles. The number of nitrogen functional groups attached to an aromatic ring is 1. The van der Waals surface area contributed by atoms with Crippen LogP contribution >= 0.6 is 23.2 Å². The third-order valence-electron chi connectivity index (χ3n) is 2.43. The number of nitrogens with two attached hydrogens (primary N) is 1. The van der Waals surface area contributed by atoms with Crippen LogP contribution in [0.4, 0.5) is 5.69 Å². The zero-order valence-corrected chi connectivity index (χ0v) is 11.9. The molecule has 0 aliphatic heterocycles. The number of anilines is 1. The second-order valence-electron chi connectivity index (χ2n) is 3.78. The van der Waals surface area contributed by atoms with Crippen molar-refractivity contribution in [2.75, 3.05) is 12.8 Å². The molecule has 0 bridgehead atoms. The predicted octanol–water partition coefficient (Wildman–Crippen LogP) is 3.55. The van der Waals surface area contributed by atoms with E-state index in [9.17, 15) is 4.79 Å². The van der Waals surface area contributed by atoms with E-state index in [4.69, 9.17) is 33.7 Å². The van der Waals surface area contributed by atoms with Crippen LogP contribution in [0.1, 0.15) is 10.4 Å². The molecular formula is C13H10Cl2N2O3. The van der Waals surface area contributed by atoms with Gasteiger partial charge in [0.05, 0.1) is 34.6 Å². The Morgan fingerprint density at radius 3 is 2.65 bits per heavy atom. The molecule has 2 aromatic rings. The van der Waals surface area contributed by atoms with Gasteiger partial charge in [-0.15, -0.1) is 0 Å². The molecule has 1 aromatic carbocycles. The van der Waals surface area contributed by atoms with Gasteiger partial charge in [-0.3, -0.25) is 0 Å². The Morgan fingerprint density at radius 1 is 1.25 bits per heavy atom. The third kappa shape index (κ3) is 3.12. The normalized spacial score (nSPS) is 10.2. The van der Waals surface area contributed by atoms with Gasteiger partial charge in [0.25, 0.3) is 0 Å². The number of rotatable bonds is 3. The number of halogens is 2. The van der Waals surface area contributed by atoms with Gasteiger partial charge in [-0.2, -0.15) is 0 Å². The van der Waals surface area contributed by atoms with E-state index >= 15 is 0 Å². The monoisotopic (exact) mass is 312 g/mol. The van der Waals surface area contributed by atoms with Crippen LogP contribution in [0.25, 0.3) is 0 Å². The standard InChI is InChI=1S/C13H10Cl2N2O3/c1-19-13(18)8-5-12(17-6-11(8)16)20-7-2-3-9(14)10(15)4-7/h2-6H,16H2,1H3. The molecule has 0 saturated carbocycles. The fraction of sp³-hybridized carbons (Fsp3) is 0.0769. The minimum atomic E-state index is -0.566. The van der Waals surface area contributed by atoms with E-state index in [0.717, 1.165) is 0 Å². The summed E-state index contributed by atoms with van der Waals surface area (Å²) in [7, 11) is 1.27. The van der Waals surface area contributed by atoms with Crippen molar-refractivity contribution in [3.05, 3.63) is 46.1 Å². The summed E-state index contributed by atoms with van der Waals surface area (Å²) in [6.45, 7) is 0. The molecule has 1 aromatic heterocycles. The van der Waals surface area contributed by atoms with E-state index in [1.807, 2.05) is 0 Å². The minimum absolute atomic E-state index is 0.178. The fourth-order valence-electron chi connectivity index (χ4n) is 1.45. The van der Waals surface area contributed by atoms with E-state index in [2.05, 4.69) is 9.72 Å². The van der Waals surface area contributed by atoms with Gasteiger partial charge in [-0.05, 0) is 12.1 Å². The van der Waals surface area contributed by atoms with Gasteiger partial charge in [0.2, 0.25) is 5.88 Å². The second-order valence-corrected chi connectivity index (χ2v) is 4.59. The van der Waals surface area contributed by atoms with Crippen LogP contribution in [0.2, 0.25) is 10.0 Å². The van der Waals surface area contributed by atoms with Gasteiger partial charge in [0.15, 0.2) is 0 Å². The highest BCUT2D eigenvalue weighted by molar-refractivity contribution is 6.42. The quantitative estimate of drug-likeness (QED) is 0.877. The minimum Gasteiger partial charge on any atom is -0.465 e. The van der Waals surface area contributed by atoms with E-state index < -0.39 is 5.97 Å². The first-order valence-corrected chi connectivity index (χ1v) is 6.23. The van der Waals surface area contributed by atoms with Crippen LogP contribution in [0.5, 0.6) is 11.6 Å². The number of esters is 1. The lowest BCUT2D eigenvalue weighted by atomic mass is 10.2. The summed E-state index contributed by atoms with van der Waals surface area (Å²) in [5.41, 5.74) is 6.03. The van der Waals surface area contributed by atoms with E-state index in [1.54, 1.807) is 18.2 Å². The molecule has 0 atom stereocenters. The molecule has 0 aliphatic rings. The van der Waals surface area contributed by atoms with E-state index in [-0.39, 0.29) is 17.1 Å². The number of methoxy groups -OCH3 is 1. The highest BCUT2D eigenvalue weighted by atomic mass is 35.5. The van der Waals surface area contributed by atoms with Crippen LogP contribution < -0.4 is 10.5 Å². The predicted molar refractivity (Wildman–Crippen MR) is 76.5 cm³/mol. The summed E-state index contributed by atoms with van der Waals surface area (Å²) < 4.78 is 10.1. The molecule has 20 heavy (non-hydrogen) atoms. The molecule has 2 N–H and O–H groups in total. The number of ether oxygens (including phenoxy) is 2. The molecule has 104 valence electrons. The lowest BCUT2D eigenvalue weighted by molar-refractivity contribution is 0.0601. The number of carbonyl (C=O) groups is 1. The van der Waals surface area contributed by atoms with Crippen LogP contribution in [-0.2, 0) is 4.74 Å². The number of nitrogens with zero attached hydrogens (tertiary/aromatic N) is 1. The van der Waals surface area contributed by atoms with Gasteiger partial charge in [0, 0.05) is 12.1 Å². The Balaban J connectivity index is 2.29. The summed E-state index contributed by atoms with van der Waals surface area (Å²) in [6, 6.07) is 6.16.